The first kappa shape index (κ1) is 11.1. The van der Waals surface area contributed by atoms with Crippen LogP contribution in [-0.4, -0.2) is 12.8 Å². The normalized spacial score (nSPS) is 16.5. The van der Waals surface area contributed by atoms with Crippen molar-refractivity contribution in [1.29, 1.82) is 0 Å². The van der Waals surface area contributed by atoms with Crippen molar-refractivity contribution >= 4 is 11.4 Å². The molecule has 0 saturated heterocycles. The number of anilines is 1. The van der Waals surface area contributed by atoms with Gasteiger partial charge in [-0.2, -0.15) is 0 Å². The number of nitrogens with zero attached hydrogens (tertiary/aromatic N) is 1. The predicted octanol–water partition coefficient (Wildman–Crippen LogP) is 3.02. The Morgan fingerprint density at radius 3 is 2.81 bits per heavy atom. The molecule has 2 nitrogen and oxygen atoms in total. The number of benzene rings is 1. The molecule has 0 heterocycles. The molecule has 0 spiro atoms. The van der Waals surface area contributed by atoms with Crippen molar-refractivity contribution in [1.82, 2.24) is 0 Å². The topological polar surface area (TPSA) is 38.4 Å². The summed E-state index contributed by atoms with van der Waals surface area (Å²) < 4.78 is 13.0. The van der Waals surface area contributed by atoms with Gasteiger partial charge in [-0.1, -0.05) is 18.9 Å². The summed E-state index contributed by atoms with van der Waals surface area (Å²) in [5.74, 6) is 0.524. The van der Waals surface area contributed by atoms with Crippen LogP contribution in [-0.2, 0) is 0 Å². The summed E-state index contributed by atoms with van der Waals surface area (Å²) in [4.78, 5) is 4.27. The zero-order valence-electron chi connectivity index (χ0n) is 9.54. The van der Waals surface area contributed by atoms with E-state index in [0.29, 0.717) is 0 Å². The van der Waals surface area contributed by atoms with Gasteiger partial charge in [0.05, 0.1) is 5.69 Å². The van der Waals surface area contributed by atoms with Gasteiger partial charge in [0.15, 0.2) is 0 Å². The van der Waals surface area contributed by atoms with E-state index in [1.54, 1.807) is 19.2 Å². The largest absolute Gasteiger partial charge is 0.396 e. The monoisotopic (exact) mass is 220 g/mol. The first-order chi connectivity index (χ1) is 7.70. The Balaban J connectivity index is 2.09. The molecule has 0 radical (unpaired) electrons. The summed E-state index contributed by atoms with van der Waals surface area (Å²) in [6.45, 7) is 0. The Morgan fingerprint density at radius 2 is 2.25 bits per heavy atom. The Morgan fingerprint density at radius 1 is 1.50 bits per heavy atom. The fraction of sp³-hybridized carbons (Fsp3) is 0.462. The van der Waals surface area contributed by atoms with E-state index in [1.165, 1.54) is 25.3 Å². The maximum absolute atomic E-state index is 13.0. The van der Waals surface area contributed by atoms with Gasteiger partial charge in [-0.05, 0) is 36.5 Å². The standard InChI is InChI=1S/C13H17FN2/c1-16-13(7-4-9-2-3-9)10-5-6-11(14)12(15)8-10/h5-6,8-9H,2-4,7,15H2,1H3. The highest BCUT2D eigenvalue weighted by Gasteiger charge is 2.21. The lowest BCUT2D eigenvalue weighted by atomic mass is 10.0. The van der Waals surface area contributed by atoms with Gasteiger partial charge < -0.3 is 5.73 Å². The molecule has 0 aromatic heterocycles. The third-order valence-electron chi connectivity index (χ3n) is 3.09. The van der Waals surface area contributed by atoms with Gasteiger partial charge in [0.2, 0.25) is 0 Å². The number of hydrogen-bond acceptors (Lipinski definition) is 2. The van der Waals surface area contributed by atoms with E-state index in [1.807, 2.05) is 0 Å². The third kappa shape index (κ3) is 2.60. The average Bonchev–Trinajstić information content (AvgIpc) is 3.08. The van der Waals surface area contributed by atoms with E-state index in [4.69, 9.17) is 5.73 Å². The highest BCUT2D eigenvalue weighted by Crippen LogP contribution is 2.34. The summed E-state index contributed by atoms with van der Waals surface area (Å²) in [6.07, 6.45) is 4.85. The van der Waals surface area contributed by atoms with E-state index in [2.05, 4.69) is 4.99 Å². The Bertz CT molecular complexity index is 408. The van der Waals surface area contributed by atoms with Gasteiger partial charge >= 0.3 is 0 Å². The zero-order chi connectivity index (χ0) is 11.5. The van der Waals surface area contributed by atoms with Gasteiger partial charge in [0.1, 0.15) is 5.82 Å². The lowest BCUT2D eigenvalue weighted by molar-refractivity contribution is 0.632. The number of halogens is 1. The summed E-state index contributed by atoms with van der Waals surface area (Å²) >= 11 is 0. The summed E-state index contributed by atoms with van der Waals surface area (Å²) in [6, 6.07) is 4.83. The van der Waals surface area contributed by atoms with Crippen LogP contribution >= 0.6 is 0 Å². The second-order valence-corrected chi connectivity index (χ2v) is 4.39. The molecular formula is C13H17FN2. The summed E-state index contributed by atoms with van der Waals surface area (Å²) in [5.41, 5.74) is 7.72. The van der Waals surface area contributed by atoms with E-state index < -0.39 is 0 Å². The first-order valence-corrected chi connectivity index (χ1v) is 5.71. The molecule has 1 saturated carbocycles. The second-order valence-electron chi connectivity index (χ2n) is 4.39. The van der Waals surface area contributed by atoms with Crippen LogP contribution in [0.2, 0.25) is 0 Å². The molecule has 2 N–H and O–H groups in total. The van der Waals surface area contributed by atoms with Crippen molar-refractivity contribution in [3.05, 3.63) is 29.6 Å². The van der Waals surface area contributed by atoms with E-state index >= 15 is 0 Å². The average molecular weight is 220 g/mol. The minimum absolute atomic E-state index is 0.199. The maximum Gasteiger partial charge on any atom is 0.146 e. The molecule has 16 heavy (non-hydrogen) atoms. The third-order valence-corrected chi connectivity index (χ3v) is 3.09. The van der Waals surface area contributed by atoms with Crippen LogP contribution in [0.25, 0.3) is 0 Å². The number of aliphatic imine (C=N–C) groups is 1. The quantitative estimate of drug-likeness (QED) is 0.614. The first-order valence-electron chi connectivity index (χ1n) is 5.71. The van der Waals surface area contributed by atoms with Crippen molar-refractivity contribution in [2.75, 3.05) is 12.8 Å². The highest BCUT2D eigenvalue weighted by molar-refractivity contribution is 6.01. The van der Waals surface area contributed by atoms with Crippen LogP contribution in [0, 0.1) is 11.7 Å². The van der Waals surface area contributed by atoms with Crippen molar-refractivity contribution in [2.45, 2.75) is 25.7 Å². The fourth-order valence-electron chi connectivity index (χ4n) is 1.86. The van der Waals surface area contributed by atoms with Crippen LogP contribution in [0.3, 0.4) is 0 Å². The van der Waals surface area contributed by atoms with Crippen LogP contribution in [0.5, 0.6) is 0 Å². The van der Waals surface area contributed by atoms with Gasteiger partial charge in [0, 0.05) is 12.8 Å². The van der Waals surface area contributed by atoms with E-state index in [9.17, 15) is 4.39 Å². The van der Waals surface area contributed by atoms with Crippen molar-refractivity contribution in [2.24, 2.45) is 10.9 Å². The Kier molecular flexibility index (Phi) is 3.22. The molecule has 1 aromatic carbocycles. The Hall–Kier alpha value is -1.38. The SMILES string of the molecule is CN=C(CCC1CC1)c1ccc(F)c(N)c1. The second kappa shape index (κ2) is 4.64. The minimum Gasteiger partial charge on any atom is -0.396 e. The molecule has 2 rings (SSSR count). The summed E-state index contributed by atoms with van der Waals surface area (Å²) in [5, 5.41) is 0. The van der Waals surface area contributed by atoms with E-state index in [-0.39, 0.29) is 11.5 Å². The smallest absolute Gasteiger partial charge is 0.146 e. The molecule has 1 aliphatic carbocycles. The molecule has 1 aliphatic rings. The summed E-state index contributed by atoms with van der Waals surface area (Å²) in [7, 11) is 1.78. The highest BCUT2D eigenvalue weighted by atomic mass is 19.1. The molecule has 0 atom stereocenters. The number of nitrogens with two attached hydrogens (primary N) is 1. The molecular weight excluding hydrogens is 203 g/mol. The maximum atomic E-state index is 13.0. The zero-order valence-corrected chi connectivity index (χ0v) is 9.54. The number of rotatable bonds is 4. The molecule has 0 amide bonds. The van der Waals surface area contributed by atoms with Gasteiger partial charge in [-0.25, -0.2) is 4.39 Å². The van der Waals surface area contributed by atoms with Gasteiger partial charge in [-0.3, -0.25) is 4.99 Å². The van der Waals surface area contributed by atoms with Gasteiger partial charge in [0.25, 0.3) is 0 Å². The van der Waals surface area contributed by atoms with Gasteiger partial charge in [-0.15, -0.1) is 0 Å². The van der Waals surface area contributed by atoms with Crippen LogP contribution in [0.15, 0.2) is 23.2 Å². The fourth-order valence-corrected chi connectivity index (χ4v) is 1.86. The van der Waals surface area contributed by atoms with Crippen molar-refractivity contribution in [3.63, 3.8) is 0 Å². The lowest BCUT2D eigenvalue weighted by Gasteiger charge is -2.07. The van der Waals surface area contributed by atoms with E-state index in [0.717, 1.165) is 23.6 Å². The predicted molar refractivity (Wildman–Crippen MR) is 65.2 cm³/mol. The molecule has 3 heteroatoms. The van der Waals surface area contributed by atoms with Crippen LogP contribution in [0.4, 0.5) is 10.1 Å². The molecule has 86 valence electrons. The van der Waals surface area contributed by atoms with Crippen molar-refractivity contribution < 1.29 is 4.39 Å². The lowest BCUT2D eigenvalue weighted by Crippen LogP contribution is -2.03. The van der Waals surface area contributed by atoms with Crippen molar-refractivity contribution in [3.8, 4) is 0 Å². The number of hydrogen-bond donors (Lipinski definition) is 1. The minimum atomic E-state index is -0.360. The molecule has 0 aliphatic heterocycles. The van der Waals surface area contributed by atoms with Crippen LogP contribution < -0.4 is 5.73 Å². The molecule has 1 aromatic rings. The molecule has 1 fully saturated rings. The van der Waals surface area contributed by atoms with Crippen LogP contribution in [0.1, 0.15) is 31.2 Å². The number of nitrogen functional groups attached to an aromatic ring is 1. The Labute approximate surface area is 95.4 Å². The molecule has 0 unspecified atom stereocenters. The molecule has 0 bridgehead atoms.